The molecule has 0 aromatic heterocycles. The number of hydrogen-bond donors (Lipinski definition) is 2. The SMILES string of the molecule is CC(C)(C)CC1CC(C(=O)O)CC(C(C)(C)C)C(=O)OCCOC(=O)C(C(C)(C)C)CC(C(=O)O)CC(CC(C)(C)C)C(=O)OCCOC1=O. The van der Waals surface area contributed by atoms with E-state index in [-0.39, 0.29) is 62.9 Å². The van der Waals surface area contributed by atoms with Crippen LogP contribution in [-0.2, 0) is 47.7 Å². The van der Waals surface area contributed by atoms with Crippen LogP contribution in [0.1, 0.15) is 122 Å². The minimum atomic E-state index is -1.16. The Morgan fingerprint density at radius 1 is 0.500 bits per heavy atom. The number of hydrogen-bond acceptors (Lipinski definition) is 10. The third-order valence-electron chi connectivity index (χ3n) is 9.06. The van der Waals surface area contributed by atoms with E-state index in [1.54, 1.807) is 41.5 Å². The highest BCUT2D eigenvalue weighted by Gasteiger charge is 2.41. The van der Waals surface area contributed by atoms with Crippen molar-refractivity contribution in [1.82, 2.24) is 0 Å². The van der Waals surface area contributed by atoms with Crippen molar-refractivity contribution in [3.63, 3.8) is 0 Å². The fourth-order valence-electron chi connectivity index (χ4n) is 6.47. The van der Waals surface area contributed by atoms with Gasteiger partial charge < -0.3 is 29.2 Å². The van der Waals surface area contributed by atoms with Gasteiger partial charge in [-0.2, -0.15) is 0 Å². The number of carboxylic acid groups (broad SMARTS) is 2. The molecule has 0 bridgehead atoms. The van der Waals surface area contributed by atoms with Crippen LogP contribution in [0.15, 0.2) is 0 Å². The Morgan fingerprint density at radius 2 is 0.760 bits per heavy atom. The summed E-state index contributed by atoms with van der Waals surface area (Å²) in [5.41, 5.74) is -2.13. The number of carbonyl (C=O) groups is 6. The van der Waals surface area contributed by atoms with Gasteiger partial charge >= 0.3 is 35.8 Å². The molecule has 0 aromatic carbocycles. The predicted molar refractivity (Wildman–Crippen MR) is 186 cm³/mol. The topological polar surface area (TPSA) is 180 Å². The summed E-state index contributed by atoms with van der Waals surface area (Å²) in [7, 11) is 0. The van der Waals surface area contributed by atoms with Gasteiger partial charge in [0.25, 0.3) is 0 Å². The molecule has 1 fully saturated rings. The van der Waals surface area contributed by atoms with Crippen LogP contribution in [0.2, 0.25) is 0 Å². The minimum Gasteiger partial charge on any atom is -0.481 e. The van der Waals surface area contributed by atoms with Crippen LogP contribution in [0.3, 0.4) is 0 Å². The third kappa shape index (κ3) is 16.2. The molecule has 0 aromatic rings. The number of aliphatic carboxylic acids is 2. The molecular weight excluding hydrogens is 648 g/mol. The van der Waals surface area contributed by atoms with E-state index in [9.17, 15) is 39.0 Å². The van der Waals surface area contributed by atoms with Gasteiger partial charge in [0.2, 0.25) is 0 Å². The molecule has 50 heavy (non-hydrogen) atoms. The second kappa shape index (κ2) is 18.4. The summed E-state index contributed by atoms with van der Waals surface area (Å²) in [6, 6.07) is 0. The Bertz CT molecular complexity index is 1090. The standard InChI is InChI=1S/C38H64O12/c1-35(2,3)21-25-17-23(29(39)40)19-27(37(7,8)9)33(45)49-15-16-50-34(46)28(38(10,11)12)20-24(30(41)42)18-26(22-36(4,5)6)32(44)48-14-13-47-31(25)43/h23-28H,13-22H2,1-12H3,(H,39,40)(H,41,42). The summed E-state index contributed by atoms with van der Waals surface area (Å²) < 4.78 is 22.0. The Labute approximate surface area is 298 Å². The second-order valence-corrected chi connectivity index (χ2v) is 18.4. The lowest BCUT2D eigenvalue weighted by molar-refractivity contribution is -0.165. The average molecular weight is 713 g/mol. The Morgan fingerprint density at radius 3 is 0.980 bits per heavy atom. The number of rotatable bonds is 4. The van der Waals surface area contributed by atoms with Gasteiger partial charge in [0, 0.05) is 0 Å². The summed E-state index contributed by atoms with van der Waals surface area (Å²) in [5, 5.41) is 20.5. The molecule has 6 atom stereocenters. The van der Waals surface area contributed by atoms with Gasteiger partial charge in [-0.1, -0.05) is 83.1 Å². The highest BCUT2D eigenvalue weighted by molar-refractivity contribution is 5.79. The summed E-state index contributed by atoms with van der Waals surface area (Å²) in [6.07, 6.45) is 0.264. The highest BCUT2D eigenvalue weighted by Crippen LogP contribution is 2.39. The molecule has 0 radical (unpaired) electrons. The molecule has 12 nitrogen and oxygen atoms in total. The molecule has 0 aliphatic carbocycles. The fraction of sp³-hybridized carbons (Fsp3) is 0.842. The molecule has 1 saturated heterocycles. The zero-order valence-corrected chi connectivity index (χ0v) is 32.5. The van der Waals surface area contributed by atoms with E-state index in [4.69, 9.17) is 18.9 Å². The molecule has 2 N–H and O–H groups in total. The maximum atomic E-state index is 13.4. The normalized spacial score (nSPS) is 27.0. The number of carbonyl (C=O) groups excluding carboxylic acids is 4. The number of ether oxygens (including phenoxy) is 4. The third-order valence-corrected chi connectivity index (χ3v) is 9.06. The fourth-order valence-corrected chi connectivity index (χ4v) is 6.47. The van der Waals surface area contributed by atoms with Crippen molar-refractivity contribution < 1.29 is 57.9 Å². The first kappa shape index (κ1) is 44.8. The van der Waals surface area contributed by atoms with Gasteiger partial charge in [0.15, 0.2) is 0 Å². The lowest BCUT2D eigenvalue weighted by Gasteiger charge is -2.33. The Kier molecular flexibility index (Phi) is 16.5. The van der Waals surface area contributed by atoms with Crippen molar-refractivity contribution in [2.75, 3.05) is 26.4 Å². The summed E-state index contributed by atoms with van der Waals surface area (Å²) in [4.78, 5) is 78.6. The quantitative estimate of drug-likeness (QED) is 0.237. The van der Waals surface area contributed by atoms with Crippen LogP contribution in [-0.4, -0.2) is 72.5 Å². The van der Waals surface area contributed by atoms with E-state index in [0.717, 1.165) is 0 Å². The van der Waals surface area contributed by atoms with Crippen LogP contribution in [0.4, 0.5) is 0 Å². The molecule has 0 amide bonds. The monoisotopic (exact) mass is 712 g/mol. The molecule has 0 spiro atoms. The molecule has 6 unspecified atom stereocenters. The van der Waals surface area contributed by atoms with Crippen LogP contribution >= 0.6 is 0 Å². The van der Waals surface area contributed by atoms with Crippen molar-refractivity contribution in [3.05, 3.63) is 0 Å². The Balaban J connectivity index is 3.56. The van der Waals surface area contributed by atoms with Crippen molar-refractivity contribution in [3.8, 4) is 0 Å². The summed E-state index contributed by atoms with van der Waals surface area (Å²) >= 11 is 0. The van der Waals surface area contributed by atoms with Crippen LogP contribution in [0.5, 0.6) is 0 Å². The highest BCUT2D eigenvalue weighted by atomic mass is 16.6. The van der Waals surface area contributed by atoms with E-state index >= 15 is 0 Å². The molecule has 1 heterocycles. The van der Waals surface area contributed by atoms with Crippen LogP contribution in [0, 0.1) is 57.2 Å². The van der Waals surface area contributed by atoms with E-state index in [2.05, 4.69) is 0 Å². The molecule has 1 aliphatic heterocycles. The molecule has 12 heteroatoms. The first-order valence-corrected chi connectivity index (χ1v) is 17.7. The van der Waals surface area contributed by atoms with Gasteiger partial charge in [0.05, 0.1) is 35.5 Å². The lowest BCUT2D eigenvalue weighted by Crippen LogP contribution is -2.37. The summed E-state index contributed by atoms with van der Waals surface area (Å²) in [6.45, 7) is 21.2. The van der Waals surface area contributed by atoms with Gasteiger partial charge in [-0.05, 0) is 60.2 Å². The van der Waals surface area contributed by atoms with Crippen molar-refractivity contribution in [2.24, 2.45) is 57.2 Å². The van der Waals surface area contributed by atoms with Crippen molar-refractivity contribution in [2.45, 2.75) is 122 Å². The first-order valence-electron chi connectivity index (χ1n) is 17.7. The average Bonchev–Trinajstić information content (AvgIpc) is 2.92. The van der Waals surface area contributed by atoms with Gasteiger partial charge in [-0.3, -0.25) is 28.8 Å². The van der Waals surface area contributed by atoms with E-state index in [0.29, 0.717) is 12.8 Å². The van der Waals surface area contributed by atoms with Crippen LogP contribution < -0.4 is 0 Å². The zero-order valence-electron chi connectivity index (χ0n) is 32.5. The smallest absolute Gasteiger partial charge is 0.309 e. The maximum absolute atomic E-state index is 13.4. The molecule has 0 saturated carbocycles. The van der Waals surface area contributed by atoms with Gasteiger partial charge in [-0.25, -0.2) is 0 Å². The molecule has 1 rings (SSSR count). The minimum absolute atomic E-state index is 0.0822. The number of carboxylic acids is 2. The van der Waals surface area contributed by atoms with Crippen molar-refractivity contribution in [1.29, 1.82) is 0 Å². The zero-order chi connectivity index (χ0) is 38.8. The van der Waals surface area contributed by atoms with Crippen LogP contribution in [0.25, 0.3) is 0 Å². The Hall–Kier alpha value is -3.18. The second-order valence-electron chi connectivity index (χ2n) is 18.4. The number of esters is 4. The largest absolute Gasteiger partial charge is 0.481 e. The molecule has 1 aliphatic rings. The first-order chi connectivity index (χ1) is 22.6. The van der Waals surface area contributed by atoms with Crippen molar-refractivity contribution >= 4 is 35.8 Å². The lowest BCUT2D eigenvalue weighted by atomic mass is 9.73. The maximum Gasteiger partial charge on any atom is 0.309 e. The van der Waals surface area contributed by atoms with E-state index in [1.165, 1.54) is 0 Å². The van der Waals surface area contributed by atoms with E-state index in [1.807, 2.05) is 41.5 Å². The molecule has 288 valence electrons. The predicted octanol–water partition coefficient (Wildman–Crippen LogP) is 6.56. The number of cyclic esters (lactones) is 4. The van der Waals surface area contributed by atoms with Gasteiger partial charge in [-0.15, -0.1) is 0 Å². The molecular formula is C38H64O12. The van der Waals surface area contributed by atoms with Gasteiger partial charge in [0.1, 0.15) is 26.4 Å². The van der Waals surface area contributed by atoms with E-state index < -0.39 is 82.2 Å². The summed E-state index contributed by atoms with van der Waals surface area (Å²) in [5.74, 6) is -10.4.